The summed E-state index contributed by atoms with van der Waals surface area (Å²) in [6, 6.07) is 11.2. The third-order valence-electron chi connectivity index (χ3n) is 5.52. The summed E-state index contributed by atoms with van der Waals surface area (Å²) < 4.78 is 0. The van der Waals surface area contributed by atoms with E-state index in [9.17, 15) is 0 Å². The second-order valence-corrected chi connectivity index (χ2v) is 7.42. The van der Waals surface area contributed by atoms with Gasteiger partial charge in [0, 0.05) is 29.8 Å². The smallest absolute Gasteiger partial charge is 0.131 e. The molecule has 25 heavy (non-hydrogen) atoms. The lowest BCUT2D eigenvalue weighted by atomic mass is 9.82. The third kappa shape index (κ3) is 4.45. The molecule has 1 aromatic heterocycles. The normalized spacial score (nSPS) is 21.5. The van der Waals surface area contributed by atoms with Crippen molar-refractivity contribution in [3.63, 3.8) is 0 Å². The lowest BCUT2D eigenvalue weighted by molar-refractivity contribution is 0.372. The van der Waals surface area contributed by atoms with E-state index in [2.05, 4.69) is 54.2 Å². The maximum atomic E-state index is 9.01. The fourth-order valence-corrected chi connectivity index (χ4v) is 3.56. The first kappa shape index (κ1) is 17.6. The van der Waals surface area contributed by atoms with E-state index in [4.69, 9.17) is 5.26 Å². The van der Waals surface area contributed by atoms with Crippen LogP contribution in [0.5, 0.6) is 0 Å². The van der Waals surface area contributed by atoms with E-state index in [1.165, 1.54) is 17.5 Å². The highest BCUT2D eigenvalue weighted by molar-refractivity contribution is 5.61. The average molecular weight is 333 g/mol. The molecule has 0 spiro atoms. The number of nitriles is 1. The van der Waals surface area contributed by atoms with Gasteiger partial charge in [0.25, 0.3) is 0 Å². The van der Waals surface area contributed by atoms with Gasteiger partial charge < -0.3 is 0 Å². The number of hydrogen-bond acceptors (Lipinski definition) is 3. The van der Waals surface area contributed by atoms with Crippen molar-refractivity contribution in [3.05, 3.63) is 48.0 Å². The van der Waals surface area contributed by atoms with E-state index >= 15 is 0 Å². The fraction of sp³-hybridized carbons (Fsp3) is 0.500. The minimum Gasteiger partial charge on any atom is -0.240 e. The molecule has 1 aliphatic rings. The zero-order chi connectivity index (χ0) is 17.6. The Balaban J connectivity index is 1.65. The molecule has 1 unspecified atom stereocenters. The Morgan fingerprint density at radius 1 is 1.04 bits per heavy atom. The summed E-state index contributed by atoms with van der Waals surface area (Å²) in [6.45, 7) is 4.54. The number of nitrogens with zero attached hydrogens (tertiary/aromatic N) is 3. The molecule has 130 valence electrons. The highest BCUT2D eigenvalue weighted by Gasteiger charge is 2.23. The monoisotopic (exact) mass is 333 g/mol. The Morgan fingerprint density at radius 2 is 1.68 bits per heavy atom. The van der Waals surface area contributed by atoms with Crippen LogP contribution in [0.4, 0.5) is 0 Å². The Bertz CT molecular complexity index is 704. The maximum Gasteiger partial charge on any atom is 0.131 e. The first-order chi connectivity index (χ1) is 12.2. The highest BCUT2D eigenvalue weighted by atomic mass is 14.9. The van der Waals surface area contributed by atoms with Gasteiger partial charge in [-0.2, -0.15) is 5.26 Å². The Kier molecular flexibility index (Phi) is 5.81. The molecule has 1 aromatic carbocycles. The zero-order valence-electron chi connectivity index (χ0n) is 15.3. The van der Waals surface area contributed by atoms with Crippen LogP contribution >= 0.6 is 0 Å². The average Bonchev–Trinajstić information content (AvgIpc) is 2.69. The number of hydrogen-bond donors (Lipinski definition) is 0. The molecule has 2 aromatic rings. The molecular formula is C22H27N3. The topological polar surface area (TPSA) is 49.6 Å². The van der Waals surface area contributed by atoms with Gasteiger partial charge in [-0.15, -0.1) is 0 Å². The lowest BCUT2D eigenvalue weighted by Crippen LogP contribution is -2.14. The maximum absolute atomic E-state index is 9.01. The van der Waals surface area contributed by atoms with E-state index in [1.807, 2.05) is 12.4 Å². The van der Waals surface area contributed by atoms with Crippen LogP contribution in [0.2, 0.25) is 0 Å². The van der Waals surface area contributed by atoms with Crippen LogP contribution in [0.3, 0.4) is 0 Å². The molecule has 3 nitrogen and oxygen atoms in total. The van der Waals surface area contributed by atoms with E-state index in [1.54, 1.807) is 0 Å². The molecule has 1 atom stereocenters. The zero-order valence-corrected chi connectivity index (χ0v) is 15.3. The van der Waals surface area contributed by atoms with E-state index < -0.39 is 0 Å². The first-order valence-electron chi connectivity index (χ1n) is 9.50. The Hall–Kier alpha value is -2.21. The molecule has 0 saturated heterocycles. The summed E-state index contributed by atoms with van der Waals surface area (Å²) in [5, 5.41) is 9.01. The molecular weight excluding hydrogens is 306 g/mol. The standard InChI is InChI=1S/C22H27N3/c1-3-16(2)12-17-4-8-19(9-5-17)21-14-24-22(25-15-21)20-10-6-18(13-23)7-11-20/h4-5,8-9,14-16,18,20H,3,6-7,10-12H2,1-2H3/t16?,18-,20-. The Morgan fingerprint density at radius 3 is 2.24 bits per heavy atom. The summed E-state index contributed by atoms with van der Waals surface area (Å²) >= 11 is 0. The SMILES string of the molecule is CCC(C)Cc1ccc(-c2cnc([C@H]3CC[C@H](C#N)CC3)nc2)cc1. The molecule has 0 amide bonds. The van der Waals surface area contributed by atoms with Gasteiger partial charge in [0.15, 0.2) is 0 Å². The predicted molar refractivity (Wildman–Crippen MR) is 101 cm³/mol. The molecule has 1 saturated carbocycles. The first-order valence-corrected chi connectivity index (χ1v) is 9.50. The fourth-order valence-electron chi connectivity index (χ4n) is 3.56. The molecule has 1 aliphatic carbocycles. The van der Waals surface area contributed by atoms with Gasteiger partial charge in [0.05, 0.1) is 6.07 Å². The van der Waals surface area contributed by atoms with Gasteiger partial charge >= 0.3 is 0 Å². The van der Waals surface area contributed by atoms with Gasteiger partial charge in [0.1, 0.15) is 5.82 Å². The van der Waals surface area contributed by atoms with Crippen molar-refractivity contribution in [2.45, 2.75) is 58.3 Å². The van der Waals surface area contributed by atoms with E-state index in [0.29, 0.717) is 5.92 Å². The largest absolute Gasteiger partial charge is 0.240 e. The predicted octanol–water partition coefficient (Wildman–Crippen LogP) is 5.53. The Labute approximate surface area is 151 Å². The van der Waals surface area contributed by atoms with Gasteiger partial charge in [-0.05, 0) is 49.1 Å². The second kappa shape index (κ2) is 8.25. The molecule has 0 bridgehead atoms. The summed E-state index contributed by atoms with van der Waals surface area (Å²) in [6.07, 6.45) is 10.3. The molecule has 1 fully saturated rings. The van der Waals surface area contributed by atoms with Crippen molar-refractivity contribution >= 4 is 0 Å². The molecule has 3 rings (SSSR count). The van der Waals surface area contributed by atoms with Gasteiger partial charge in [-0.1, -0.05) is 44.5 Å². The number of rotatable bonds is 5. The minimum atomic E-state index is 0.226. The highest BCUT2D eigenvalue weighted by Crippen LogP contribution is 2.34. The quantitative estimate of drug-likeness (QED) is 0.723. The number of aromatic nitrogens is 2. The molecule has 0 aliphatic heterocycles. The van der Waals surface area contributed by atoms with Crippen LogP contribution in [0.25, 0.3) is 11.1 Å². The molecule has 0 N–H and O–H groups in total. The lowest BCUT2D eigenvalue weighted by Gasteiger charge is -2.23. The summed E-state index contributed by atoms with van der Waals surface area (Å²) in [7, 11) is 0. The third-order valence-corrected chi connectivity index (χ3v) is 5.52. The minimum absolute atomic E-state index is 0.226. The van der Waals surface area contributed by atoms with Crippen molar-refractivity contribution in [3.8, 4) is 17.2 Å². The second-order valence-electron chi connectivity index (χ2n) is 7.42. The summed E-state index contributed by atoms with van der Waals surface area (Å²) in [5.41, 5.74) is 3.64. The van der Waals surface area contributed by atoms with Gasteiger partial charge in [-0.3, -0.25) is 0 Å². The van der Waals surface area contributed by atoms with Gasteiger partial charge in [0.2, 0.25) is 0 Å². The molecule has 0 radical (unpaired) electrons. The number of benzene rings is 1. The van der Waals surface area contributed by atoms with Crippen molar-refractivity contribution in [2.75, 3.05) is 0 Å². The summed E-state index contributed by atoms with van der Waals surface area (Å²) in [5.74, 6) is 2.30. The van der Waals surface area contributed by atoms with Crippen molar-refractivity contribution in [2.24, 2.45) is 11.8 Å². The van der Waals surface area contributed by atoms with Crippen LogP contribution in [0.1, 0.15) is 63.3 Å². The van der Waals surface area contributed by atoms with Crippen LogP contribution < -0.4 is 0 Å². The van der Waals surface area contributed by atoms with Crippen molar-refractivity contribution in [1.29, 1.82) is 5.26 Å². The van der Waals surface area contributed by atoms with Crippen LogP contribution in [-0.2, 0) is 6.42 Å². The van der Waals surface area contributed by atoms with Crippen LogP contribution in [0, 0.1) is 23.2 Å². The van der Waals surface area contributed by atoms with Crippen LogP contribution in [-0.4, -0.2) is 9.97 Å². The summed E-state index contributed by atoms with van der Waals surface area (Å²) in [4.78, 5) is 9.24. The molecule has 1 heterocycles. The van der Waals surface area contributed by atoms with E-state index in [-0.39, 0.29) is 5.92 Å². The van der Waals surface area contributed by atoms with Crippen molar-refractivity contribution in [1.82, 2.24) is 9.97 Å². The van der Waals surface area contributed by atoms with Crippen LogP contribution in [0.15, 0.2) is 36.7 Å². The van der Waals surface area contributed by atoms with Gasteiger partial charge in [-0.25, -0.2) is 9.97 Å². The van der Waals surface area contributed by atoms with Crippen molar-refractivity contribution < 1.29 is 0 Å². The molecule has 3 heteroatoms. The van der Waals surface area contributed by atoms with E-state index in [0.717, 1.165) is 49.4 Å².